The molecule has 0 unspecified atom stereocenters. The molecule has 0 heterocycles. The van der Waals surface area contributed by atoms with E-state index in [2.05, 4.69) is 5.32 Å². The fourth-order valence-electron chi connectivity index (χ4n) is 0.953. The Kier molecular flexibility index (Phi) is 4.59. The van der Waals surface area contributed by atoms with Crippen LogP contribution in [0, 0.1) is 10.7 Å². The minimum absolute atomic E-state index is 0.0934. The van der Waals surface area contributed by atoms with Gasteiger partial charge in [0.05, 0.1) is 0 Å². The molecule has 0 aliphatic heterocycles. The van der Waals surface area contributed by atoms with Crippen LogP contribution in [0.25, 0.3) is 0 Å². The van der Waals surface area contributed by atoms with Crippen molar-refractivity contribution in [3.05, 3.63) is 35.9 Å². The summed E-state index contributed by atoms with van der Waals surface area (Å²) in [4.78, 5) is 11.4. The number of nitrogens with zero attached hydrogens (tertiary/aromatic N) is 1. The summed E-state index contributed by atoms with van der Waals surface area (Å²) in [5, 5.41) is 12.9. The molecule has 1 amide bonds. The highest BCUT2D eigenvalue weighted by Gasteiger charge is 2.01. The molecule has 1 rings (SSSR count). The first-order valence-electron chi connectivity index (χ1n) is 4.18. The SMILES string of the molecule is N#CSCCNC(=O)c1ccccc1. The van der Waals surface area contributed by atoms with E-state index in [1.54, 1.807) is 12.1 Å². The smallest absolute Gasteiger partial charge is 0.251 e. The lowest BCUT2D eigenvalue weighted by Gasteiger charge is -2.02. The van der Waals surface area contributed by atoms with Gasteiger partial charge in [-0.15, -0.1) is 0 Å². The fourth-order valence-corrected chi connectivity index (χ4v) is 1.25. The Morgan fingerprint density at radius 1 is 1.43 bits per heavy atom. The molecule has 3 nitrogen and oxygen atoms in total. The largest absolute Gasteiger partial charge is 0.351 e. The van der Waals surface area contributed by atoms with Gasteiger partial charge in [-0.1, -0.05) is 18.2 Å². The first-order chi connectivity index (χ1) is 6.84. The second kappa shape index (κ2) is 6.06. The zero-order valence-electron chi connectivity index (χ0n) is 7.56. The molecule has 0 aromatic heterocycles. The molecule has 0 bridgehead atoms. The number of hydrogen-bond donors (Lipinski definition) is 1. The second-order valence-corrected chi connectivity index (χ2v) is 3.44. The van der Waals surface area contributed by atoms with E-state index < -0.39 is 0 Å². The van der Waals surface area contributed by atoms with Gasteiger partial charge >= 0.3 is 0 Å². The van der Waals surface area contributed by atoms with Crippen molar-refractivity contribution in [1.82, 2.24) is 5.32 Å². The van der Waals surface area contributed by atoms with Crippen molar-refractivity contribution in [1.29, 1.82) is 5.26 Å². The topological polar surface area (TPSA) is 52.9 Å². The van der Waals surface area contributed by atoms with E-state index in [0.29, 0.717) is 17.9 Å². The minimum atomic E-state index is -0.0934. The van der Waals surface area contributed by atoms with Crippen LogP contribution >= 0.6 is 11.8 Å². The summed E-state index contributed by atoms with van der Waals surface area (Å²) in [5.41, 5.74) is 0.648. The lowest BCUT2D eigenvalue weighted by Crippen LogP contribution is -2.25. The first-order valence-corrected chi connectivity index (χ1v) is 5.17. The first kappa shape index (κ1) is 10.6. The van der Waals surface area contributed by atoms with Crippen molar-refractivity contribution < 1.29 is 4.79 Å². The average molecular weight is 206 g/mol. The molecular weight excluding hydrogens is 196 g/mol. The lowest BCUT2D eigenvalue weighted by atomic mass is 10.2. The van der Waals surface area contributed by atoms with Crippen LogP contribution in [0.15, 0.2) is 30.3 Å². The molecule has 0 saturated carbocycles. The van der Waals surface area contributed by atoms with Crippen molar-refractivity contribution in [2.75, 3.05) is 12.3 Å². The standard InChI is InChI=1S/C10H10N2OS/c11-8-14-7-6-12-10(13)9-4-2-1-3-5-9/h1-5H,6-7H2,(H,12,13). The molecule has 1 N–H and O–H groups in total. The summed E-state index contributed by atoms with van der Waals surface area (Å²) in [5.74, 6) is 0.527. The second-order valence-electron chi connectivity index (χ2n) is 2.56. The molecule has 72 valence electrons. The molecule has 14 heavy (non-hydrogen) atoms. The van der Waals surface area contributed by atoms with Gasteiger partial charge in [-0.3, -0.25) is 4.79 Å². The van der Waals surface area contributed by atoms with Crippen LogP contribution in [0.4, 0.5) is 0 Å². The number of amides is 1. The van der Waals surface area contributed by atoms with Crippen molar-refractivity contribution in [3.63, 3.8) is 0 Å². The number of benzene rings is 1. The van der Waals surface area contributed by atoms with Gasteiger partial charge in [0.25, 0.3) is 5.91 Å². The Balaban J connectivity index is 2.33. The molecule has 0 aliphatic carbocycles. The number of carbonyl (C=O) groups is 1. The molecule has 0 saturated heterocycles. The van der Waals surface area contributed by atoms with Gasteiger partial charge in [-0.05, 0) is 23.9 Å². The predicted octanol–water partition coefficient (Wildman–Crippen LogP) is 1.63. The van der Waals surface area contributed by atoms with Gasteiger partial charge in [0, 0.05) is 17.9 Å². The highest BCUT2D eigenvalue weighted by atomic mass is 32.2. The van der Waals surface area contributed by atoms with E-state index in [-0.39, 0.29) is 5.91 Å². The minimum Gasteiger partial charge on any atom is -0.351 e. The summed E-state index contributed by atoms with van der Waals surface area (Å²) in [7, 11) is 0. The molecule has 0 aliphatic rings. The van der Waals surface area contributed by atoms with E-state index >= 15 is 0 Å². The van der Waals surface area contributed by atoms with E-state index in [9.17, 15) is 4.79 Å². The highest BCUT2D eigenvalue weighted by Crippen LogP contribution is 1.98. The van der Waals surface area contributed by atoms with Crippen LogP contribution in [0.2, 0.25) is 0 Å². The number of thioether (sulfide) groups is 1. The van der Waals surface area contributed by atoms with Gasteiger partial charge < -0.3 is 5.32 Å². The Morgan fingerprint density at radius 3 is 2.79 bits per heavy atom. The van der Waals surface area contributed by atoms with Crippen LogP contribution in [0.5, 0.6) is 0 Å². The van der Waals surface area contributed by atoms with Crippen LogP contribution in [0.3, 0.4) is 0 Å². The van der Waals surface area contributed by atoms with E-state index in [4.69, 9.17) is 5.26 Å². The quantitative estimate of drug-likeness (QED) is 0.601. The fraction of sp³-hybridized carbons (Fsp3) is 0.200. The molecule has 4 heteroatoms. The summed E-state index contributed by atoms with van der Waals surface area (Å²) >= 11 is 1.14. The monoisotopic (exact) mass is 206 g/mol. The zero-order chi connectivity index (χ0) is 10.2. The predicted molar refractivity (Wildman–Crippen MR) is 56.8 cm³/mol. The lowest BCUT2D eigenvalue weighted by molar-refractivity contribution is 0.0956. The number of thiocyanates is 1. The number of nitriles is 1. The maximum atomic E-state index is 11.4. The van der Waals surface area contributed by atoms with Crippen molar-refractivity contribution in [3.8, 4) is 5.40 Å². The third kappa shape index (κ3) is 3.50. The van der Waals surface area contributed by atoms with E-state index in [0.717, 1.165) is 11.8 Å². The van der Waals surface area contributed by atoms with Gasteiger partial charge in [0.15, 0.2) is 0 Å². The Labute approximate surface area is 87.1 Å². The molecule has 0 fully saturated rings. The Bertz CT molecular complexity index is 332. The van der Waals surface area contributed by atoms with Gasteiger partial charge in [0.1, 0.15) is 5.40 Å². The van der Waals surface area contributed by atoms with Gasteiger partial charge in [-0.2, -0.15) is 5.26 Å². The Morgan fingerprint density at radius 2 is 2.14 bits per heavy atom. The third-order valence-corrected chi connectivity index (χ3v) is 2.13. The molecule has 0 spiro atoms. The molecular formula is C10H10N2OS. The summed E-state index contributed by atoms with van der Waals surface area (Å²) in [6.07, 6.45) is 0. The Hall–Kier alpha value is -1.47. The van der Waals surface area contributed by atoms with Crippen LogP contribution in [-0.2, 0) is 0 Å². The number of rotatable bonds is 4. The molecule has 1 aromatic rings. The normalized spacial score (nSPS) is 9.07. The summed E-state index contributed by atoms with van der Waals surface area (Å²) in [6, 6.07) is 9.01. The van der Waals surface area contributed by atoms with E-state index in [1.165, 1.54) is 0 Å². The van der Waals surface area contributed by atoms with E-state index in [1.807, 2.05) is 23.6 Å². The number of nitrogens with one attached hydrogen (secondary N) is 1. The zero-order valence-corrected chi connectivity index (χ0v) is 8.38. The van der Waals surface area contributed by atoms with Crippen LogP contribution < -0.4 is 5.32 Å². The van der Waals surface area contributed by atoms with Gasteiger partial charge in [0.2, 0.25) is 0 Å². The van der Waals surface area contributed by atoms with Crippen molar-refractivity contribution in [2.45, 2.75) is 0 Å². The third-order valence-electron chi connectivity index (χ3n) is 1.59. The van der Waals surface area contributed by atoms with Crippen molar-refractivity contribution in [2.24, 2.45) is 0 Å². The number of carbonyl (C=O) groups excluding carboxylic acids is 1. The maximum Gasteiger partial charge on any atom is 0.251 e. The molecule has 1 aromatic carbocycles. The highest BCUT2D eigenvalue weighted by molar-refractivity contribution is 8.03. The van der Waals surface area contributed by atoms with Crippen LogP contribution in [-0.4, -0.2) is 18.2 Å². The summed E-state index contributed by atoms with van der Waals surface area (Å²) < 4.78 is 0. The van der Waals surface area contributed by atoms with Gasteiger partial charge in [-0.25, -0.2) is 0 Å². The summed E-state index contributed by atoms with van der Waals surface area (Å²) in [6.45, 7) is 0.520. The van der Waals surface area contributed by atoms with Crippen molar-refractivity contribution >= 4 is 17.7 Å². The van der Waals surface area contributed by atoms with Crippen LogP contribution in [0.1, 0.15) is 10.4 Å². The molecule has 0 atom stereocenters. The average Bonchev–Trinajstić information content (AvgIpc) is 2.25. The molecule has 0 radical (unpaired) electrons. The maximum absolute atomic E-state index is 11.4. The number of hydrogen-bond acceptors (Lipinski definition) is 3.